The van der Waals surface area contributed by atoms with E-state index in [1.807, 2.05) is 13.1 Å². The predicted molar refractivity (Wildman–Crippen MR) is 101 cm³/mol. The lowest BCUT2D eigenvalue weighted by Crippen LogP contribution is -2.46. The Morgan fingerprint density at radius 3 is 2.46 bits per heavy atom. The van der Waals surface area contributed by atoms with Crippen molar-refractivity contribution >= 4 is 5.96 Å². The van der Waals surface area contributed by atoms with Crippen LogP contribution in [0.3, 0.4) is 0 Å². The number of morpholine rings is 1. The molecule has 1 aromatic rings. The highest BCUT2D eigenvalue weighted by molar-refractivity contribution is 5.79. The van der Waals surface area contributed by atoms with E-state index in [1.54, 1.807) is 0 Å². The zero-order valence-corrected chi connectivity index (χ0v) is 15.3. The molecule has 0 bridgehead atoms. The van der Waals surface area contributed by atoms with Crippen LogP contribution in [0.5, 0.6) is 0 Å². The third-order valence-electron chi connectivity index (χ3n) is 4.21. The van der Waals surface area contributed by atoms with Gasteiger partial charge in [-0.25, -0.2) is 0 Å². The van der Waals surface area contributed by atoms with Gasteiger partial charge in [0.1, 0.15) is 0 Å². The van der Waals surface area contributed by atoms with Crippen molar-refractivity contribution in [3.8, 4) is 0 Å². The maximum absolute atomic E-state index is 5.77. The molecule has 134 valence electrons. The number of aliphatic imine (C=N–C) groups is 1. The van der Waals surface area contributed by atoms with E-state index in [-0.39, 0.29) is 0 Å². The lowest BCUT2D eigenvalue weighted by Gasteiger charge is -2.35. The van der Waals surface area contributed by atoms with Gasteiger partial charge in [-0.1, -0.05) is 30.3 Å². The first kappa shape index (κ1) is 18.7. The van der Waals surface area contributed by atoms with E-state index >= 15 is 0 Å². The van der Waals surface area contributed by atoms with Crippen LogP contribution in [0.4, 0.5) is 0 Å². The van der Waals surface area contributed by atoms with Crippen molar-refractivity contribution in [2.24, 2.45) is 4.99 Å². The van der Waals surface area contributed by atoms with Gasteiger partial charge >= 0.3 is 0 Å². The van der Waals surface area contributed by atoms with E-state index in [9.17, 15) is 0 Å². The molecular weight excluding hydrogens is 300 g/mol. The summed E-state index contributed by atoms with van der Waals surface area (Å²) in [5, 5.41) is 6.77. The average molecular weight is 332 g/mol. The van der Waals surface area contributed by atoms with Gasteiger partial charge < -0.3 is 15.4 Å². The Bertz CT molecular complexity index is 481. The number of hydrogen-bond acceptors (Lipinski definition) is 3. The van der Waals surface area contributed by atoms with Crippen LogP contribution < -0.4 is 10.6 Å². The Balaban J connectivity index is 1.58. The third-order valence-corrected chi connectivity index (χ3v) is 4.21. The molecule has 0 saturated carbocycles. The Morgan fingerprint density at radius 2 is 1.79 bits per heavy atom. The first-order chi connectivity index (χ1) is 11.7. The fourth-order valence-corrected chi connectivity index (χ4v) is 3.17. The molecule has 5 heteroatoms. The Hall–Kier alpha value is -1.59. The standard InChI is InChI=1S/C19H32N4O/c1-16-14-23(15-17(2)24-16)13-7-11-21-19(20-3)22-12-10-18-8-5-4-6-9-18/h4-6,8-9,16-17H,7,10-15H2,1-3H3,(H2,20,21,22). The Kier molecular flexibility index (Phi) is 8.05. The number of benzene rings is 1. The molecule has 1 saturated heterocycles. The first-order valence-corrected chi connectivity index (χ1v) is 9.03. The summed E-state index contributed by atoms with van der Waals surface area (Å²) in [6, 6.07) is 10.5. The van der Waals surface area contributed by atoms with Crippen LogP contribution >= 0.6 is 0 Å². The molecule has 1 aromatic carbocycles. The second-order valence-electron chi connectivity index (χ2n) is 6.53. The minimum atomic E-state index is 0.342. The van der Waals surface area contributed by atoms with E-state index in [0.29, 0.717) is 12.2 Å². The van der Waals surface area contributed by atoms with Gasteiger partial charge in [-0.05, 0) is 32.3 Å². The summed E-state index contributed by atoms with van der Waals surface area (Å²) in [7, 11) is 1.82. The molecular formula is C19H32N4O. The number of nitrogens with one attached hydrogen (secondary N) is 2. The first-order valence-electron chi connectivity index (χ1n) is 9.03. The normalized spacial score (nSPS) is 22.4. The number of guanidine groups is 1. The van der Waals surface area contributed by atoms with Crippen molar-refractivity contribution in [2.45, 2.75) is 38.9 Å². The average Bonchev–Trinajstić information content (AvgIpc) is 2.57. The quantitative estimate of drug-likeness (QED) is 0.455. The van der Waals surface area contributed by atoms with Gasteiger partial charge in [0.2, 0.25) is 0 Å². The summed E-state index contributed by atoms with van der Waals surface area (Å²) in [6.07, 6.45) is 2.80. The van der Waals surface area contributed by atoms with Crippen molar-refractivity contribution in [2.75, 3.05) is 39.8 Å². The molecule has 1 aliphatic rings. The van der Waals surface area contributed by atoms with E-state index < -0.39 is 0 Å². The van der Waals surface area contributed by atoms with Crippen LogP contribution in [0.15, 0.2) is 35.3 Å². The smallest absolute Gasteiger partial charge is 0.190 e. The summed E-state index contributed by atoms with van der Waals surface area (Å²) in [5.74, 6) is 0.884. The summed E-state index contributed by atoms with van der Waals surface area (Å²) >= 11 is 0. The van der Waals surface area contributed by atoms with Gasteiger partial charge in [0.15, 0.2) is 5.96 Å². The van der Waals surface area contributed by atoms with E-state index in [0.717, 1.165) is 51.5 Å². The second-order valence-corrected chi connectivity index (χ2v) is 6.53. The summed E-state index contributed by atoms with van der Waals surface area (Å²) in [4.78, 5) is 6.78. The van der Waals surface area contributed by atoms with Crippen LogP contribution in [0, 0.1) is 0 Å². The monoisotopic (exact) mass is 332 g/mol. The molecule has 24 heavy (non-hydrogen) atoms. The maximum Gasteiger partial charge on any atom is 0.190 e. The fourth-order valence-electron chi connectivity index (χ4n) is 3.17. The highest BCUT2D eigenvalue weighted by atomic mass is 16.5. The molecule has 0 aliphatic carbocycles. The number of ether oxygens (including phenoxy) is 1. The van der Waals surface area contributed by atoms with Gasteiger partial charge in [-0.2, -0.15) is 0 Å². The second kappa shape index (κ2) is 10.3. The highest BCUT2D eigenvalue weighted by Gasteiger charge is 2.21. The van der Waals surface area contributed by atoms with Crippen molar-refractivity contribution in [1.82, 2.24) is 15.5 Å². The molecule has 1 heterocycles. The number of rotatable bonds is 7. The summed E-state index contributed by atoms with van der Waals surface area (Å²) in [6.45, 7) is 9.31. The molecule has 0 amide bonds. The molecule has 0 spiro atoms. The Morgan fingerprint density at radius 1 is 1.12 bits per heavy atom. The van der Waals surface area contributed by atoms with Gasteiger partial charge in [0.05, 0.1) is 12.2 Å². The molecule has 2 atom stereocenters. The lowest BCUT2D eigenvalue weighted by molar-refractivity contribution is -0.0679. The van der Waals surface area contributed by atoms with Gasteiger partial charge in [-0.15, -0.1) is 0 Å². The molecule has 5 nitrogen and oxygen atoms in total. The van der Waals surface area contributed by atoms with Crippen molar-refractivity contribution in [3.63, 3.8) is 0 Å². The lowest BCUT2D eigenvalue weighted by atomic mass is 10.1. The molecule has 2 rings (SSSR count). The molecule has 1 fully saturated rings. The van der Waals surface area contributed by atoms with Crippen LogP contribution in [0.2, 0.25) is 0 Å². The molecule has 2 unspecified atom stereocenters. The van der Waals surface area contributed by atoms with E-state index in [4.69, 9.17) is 4.74 Å². The minimum absolute atomic E-state index is 0.342. The summed E-state index contributed by atoms with van der Waals surface area (Å²) < 4.78 is 5.77. The number of nitrogens with zero attached hydrogens (tertiary/aromatic N) is 2. The molecule has 0 radical (unpaired) electrons. The van der Waals surface area contributed by atoms with Crippen molar-refractivity contribution in [1.29, 1.82) is 0 Å². The van der Waals surface area contributed by atoms with Crippen LogP contribution in [0.1, 0.15) is 25.8 Å². The molecule has 0 aromatic heterocycles. The van der Waals surface area contributed by atoms with Crippen molar-refractivity contribution in [3.05, 3.63) is 35.9 Å². The van der Waals surface area contributed by atoms with Crippen LogP contribution in [0.25, 0.3) is 0 Å². The molecule has 1 aliphatic heterocycles. The zero-order chi connectivity index (χ0) is 17.2. The molecule has 2 N–H and O–H groups in total. The zero-order valence-electron chi connectivity index (χ0n) is 15.3. The van der Waals surface area contributed by atoms with Gasteiger partial charge in [0, 0.05) is 39.8 Å². The largest absolute Gasteiger partial charge is 0.373 e. The maximum atomic E-state index is 5.77. The van der Waals surface area contributed by atoms with E-state index in [1.165, 1.54) is 5.56 Å². The topological polar surface area (TPSA) is 48.9 Å². The van der Waals surface area contributed by atoms with Crippen LogP contribution in [-0.4, -0.2) is 62.8 Å². The minimum Gasteiger partial charge on any atom is -0.373 e. The van der Waals surface area contributed by atoms with Crippen LogP contribution in [-0.2, 0) is 11.2 Å². The van der Waals surface area contributed by atoms with Gasteiger partial charge in [-0.3, -0.25) is 9.89 Å². The van der Waals surface area contributed by atoms with Gasteiger partial charge in [0.25, 0.3) is 0 Å². The third kappa shape index (κ3) is 6.89. The van der Waals surface area contributed by atoms with E-state index in [2.05, 4.69) is 58.6 Å². The van der Waals surface area contributed by atoms with Crippen molar-refractivity contribution < 1.29 is 4.74 Å². The highest BCUT2D eigenvalue weighted by Crippen LogP contribution is 2.10. The predicted octanol–water partition coefficient (Wildman–Crippen LogP) is 1.89. The number of hydrogen-bond donors (Lipinski definition) is 2. The fraction of sp³-hybridized carbons (Fsp3) is 0.632. The SMILES string of the molecule is CN=C(NCCCN1CC(C)OC(C)C1)NCCc1ccccc1. The Labute approximate surface area is 146 Å². The summed E-state index contributed by atoms with van der Waals surface area (Å²) in [5.41, 5.74) is 1.34.